The van der Waals surface area contributed by atoms with Gasteiger partial charge in [0.2, 0.25) is 0 Å². The zero-order chi connectivity index (χ0) is 13.2. The Balaban J connectivity index is 1.83. The number of fused-ring (bicyclic) bond motifs is 1. The van der Waals surface area contributed by atoms with E-state index >= 15 is 0 Å². The Morgan fingerprint density at radius 1 is 1.26 bits per heavy atom. The summed E-state index contributed by atoms with van der Waals surface area (Å²) in [6.45, 7) is 2.05. The predicted octanol–water partition coefficient (Wildman–Crippen LogP) is 2.57. The maximum Gasteiger partial charge on any atom is 0.251 e. The van der Waals surface area contributed by atoms with Crippen LogP contribution in [0, 0.1) is 12.1 Å². The molecule has 0 saturated carbocycles. The molecule has 3 aromatic heterocycles. The second-order valence-corrected chi connectivity index (χ2v) is 5.28. The van der Waals surface area contributed by atoms with Gasteiger partial charge in [0.1, 0.15) is 5.65 Å². The molecule has 0 spiro atoms. The van der Waals surface area contributed by atoms with Crippen LogP contribution in [0.1, 0.15) is 11.4 Å². The SMILES string of the molecule is Cc1cccc2nc(CSc3cccc[n+]3[O-])cn12. The number of hydrogen-bond acceptors (Lipinski definition) is 3. The number of aromatic nitrogens is 3. The summed E-state index contributed by atoms with van der Waals surface area (Å²) < 4.78 is 2.94. The van der Waals surface area contributed by atoms with E-state index in [1.807, 2.05) is 43.5 Å². The Morgan fingerprint density at radius 3 is 2.95 bits per heavy atom. The molecule has 0 N–H and O–H groups in total. The lowest BCUT2D eigenvalue weighted by Gasteiger charge is -2.01. The van der Waals surface area contributed by atoms with E-state index in [-0.39, 0.29) is 0 Å². The zero-order valence-corrected chi connectivity index (χ0v) is 11.3. The monoisotopic (exact) mass is 271 g/mol. The Labute approximate surface area is 115 Å². The first kappa shape index (κ1) is 12.0. The van der Waals surface area contributed by atoms with Crippen LogP contribution >= 0.6 is 11.8 Å². The van der Waals surface area contributed by atoms with Gasteiger partial charge in [0, 0.05) is 29.8 Å². The van der Waals surface area contributed by atoms with Gasteiger partial charge in [-0.05, 0) is 36.9 Å². The molecule has 0 unspecified atom stereocenters. The first-order valence-electron chi connectivity index (χ1n) is 5.98. The van der Waals surface area contributed by atoms with Gasteiger partial charge in [0.25, 0.3) is 5.03 Å². The molecule has 0 radical (unpaired) electrons. The average molecular weight is 271 g/mol. The van der Waals surface area contributed by atoms with Gasteiger partial charge >= 0.3 is 0 Å². The van der Waals surface area contributed by atoms with Crippen LogP contribution < -0.4 is 4.73 Å². The molecule has 0 aliphatic heterocycles. The molecule has 0 atom stereocenters. The minimum absolute atomic E-state index is 0.688. The second kappa shape index (κ2) is 4.93. The van der Waals surface area contributed by atoms with Crippen molar-refractivity contribution in [2.24, 2.45) is 0 Å². The zero-order valence-electron chi connectivity index (χ0n) is 10.5. The van der Waals surface area contributed by atoms with Gasteiger partial charge in [-0.3, -0.25) is 0 Å². The molecule has 4 nitrogen and oxygen atoms in total. The third kappa shape index (κ3) is 2.42. The van der Waals surface area contributed by atoms with Crippen LogP contribution in [0.15, 0.2) is 53.8 Å². The van der Waals surface area contributed by atoms with Gasteiger partial charge in [-0.15, -0.1) is 0 Å². The molecule has 0 amide bonds. The number of imidazole rings is 1. The number of nitrogens with zero attached hydrogens (tertiary/aromatic N) is 3. The Morgan fingerprint density at radius 2 is 2.16 bits per heavy atom. The molecule has 3 rings (SSSR count). The Bertz CT molecular complexity index is 724. The summed E-state index contributed by atoms with van der Waals surface area (Å²) in [5.41, 5.74) is 3.07. The standard InChI is InChI=1S/C14H13N3OS/c1-11-5-4-6-13-15-12(9-16(11)13)10-19-14-7-2-3-8-17(14)18/h2-9H,10H2,1H3. The van der Waals surface area contributed by atoms with Crippen molar-refractivity contribution in [1.82, 2.24) is 9.38 Å². The average Bonchev–Trinajstić information content (AvgIpc) is 2.82. The predicted molar refractivity (Wildman–Crippen MR) is 74.9 cm³/mol. The summed E-state index contributed by atoms with van der Waals surface area (Å²) in [6.07, 6.45) is 3.53. The van der Waals surface area contributed by atoms with E-state index in [0.29, 0.717) is 10.8 Å². The molecule has 0 fully saturated rings. The molecule has 96 valence electrons. The van der Waals surface area contributed by atoms with Crippen molar-refractivity contribution in [3.8, 4) is 0 Å². The van der Waals surface area contributed by atoms with Gasteiger partial charge < -0.3 is 9.61 Å². The maximum atomic E-state index is 11.5. The van der Waals surface area contributed by atoms with Crippen molar-refractivity contribution < 1.29 is 4.73 Å². The normalized spacial score (nSPS) is 11.0. The largest absolute Gasteiger partial charge is 0.618 e. The summed E-state index contributed by atoms with van der Waals surface area (Å²) >= 11 is 1.50. The summed E-state index contributed by atoms with van der Waals surface area (Å²) in [7, 11) is 0. The molecule has 3 heterocycles. The van der Waals surface area contributed by atoms with E-state index in [9.17, 15) is 5.21 Å². The van der Waals surface area contributed by atoms with E-state index < -0.39 is 0 Å². The van der Waals surface area contributed by atoms with E-state index in [2.05, 4.69) is 9.38 Å². The molecule has 3 aromatic rings. The van der Waals surface area contributed by atoms with E-state index in [1.54, 1.807) is 6.07 Å². The van der Waals surface area contributed by atoms with Gasteiger partial charge in [0.05, 0.1) is 5.69 Å². The quantitative estimate of drug-likeness (QED) is 0.418. The smallest absolute Gasteiger partial charge is 0.251 e. The lowest BCUT2D eigenvalue weighted by atomic mass is 10.4. The number of rotatable bonds is 3. The number of thioether (sulfide) groups is 1. The molecule has 0 aromatic carbocycles. The van der Waals surface area contributed by atoms with Crippen molar-refractivity contribution >= 4 is 17.4 Å². The Hall–Kier alpha value is -2.01. The molecule has 5 heteroatoms. The van der Waals surface area contributed by atoms with Crippen molar-refractivity contribution in [1.29, 1.82) is 0 Å². The maximum absolute atomic E-state index is 11.5. The third-order valence-electron chi connectivity index (χ3n) is 2.90. The lowest BCUT2D eigenvalue weighted by Crippen LogP contribution is -2.27. The molecule has 0 aliphatic rings. The first-order chi connectivity index (χ1) is 9.24. The van der Waals surface area contributed by atoms with Crippen LogP contribution in [0.2, 0.25) is 0 Å². The highest BCUT2D eigenvalue weighted by atomic mass is 32.2. The van der Waals surface area contributed by atoms with Gasteiger partial charge in [-0.1, -0.05) is 6.07 Å². The van der Waals surface area contributed by atoms with E-state index in [1.165, 1.54) is 18.0 Å². The second-order valence-electron chi connectivity index (χ2n) is 4.28. The van der Waals surface area contributed by atoms with Crippen LogP contribution in [-0.4, -0.2) is 9.38 Å². The van der Waals surface area contributed by atoms with Crippen LogP contribution in [0.4, 0.5) is 0 Å². The minimum atomic E-state index is 0.688. The molecule has 0 aliphatic carbocycles. The first-order valence-corrected chi connectivity index (χ1v) is 6.97. The van der Waals surface area contributed by atoms with Crippen LogP contribution in [0.3, 0.4) is 0 Å². The highest BCUT2D eigenvalue weighted by Gasteiger charge is 2.08. The highest BCUT2D eigenvalue weighted by Crippen LogP contribution is 2.19. The molecule has 0 saturated heterocycles. The summed E-state index contributed by atoms with van der Waals surface area (Å²) in [5, 5.41) is 12.2. The molecular weight excluding hydrogens is 258 g/mol. The third-order valence-corrected chi connectivity index (χ3v) is 3.95. The summed E-state index contributed by atoms with van der Waals surface area (Å²) in [5.74, 6) is 0.688. The fourth-order valence-corrected chi connectivity index (χ4v) is 2.74. The minimum Gasteiger partial charge on any atom is -0.618 e. The van der Waals surface area contributed by atoms with Gasteiger partial charge in [0.15, 0.2) is 6.20 Å². The molecular formula is C14H13N3OS. The number of aryl methyl sites for hydroxylation is 1. The van der Waals surface area contributed by atoms with Gasteiger partial charge in [-0.2, -0.15) is 4.73 Å². The molecule has 19 heavy (non-hydrogen) atoms. The van der Waals surface area contributed by atoms with Crippen molar-refractivity contribution in [3.05, 3.63) is 65.4 Å². The van der Waals surface area contributed by atoms with Crippen LogP contribution in [0.25, 0.3) is 5.65 Å². The highest BCUT2D eigenvalue weighted by molar-refractivity contribution is 7.98. The van der Waals surface area contributed by atoms with Crippen molar-refractivity contribution in [2.45, 2.75) is 17.7 Å². The van der Waals surface area contributed by atoms with Crippen LogP contribution in [0.5, 0.6) is 0 Å². The summed E-state index contributed by atoms with van der Waals surface area (Å²) in [4.78, 5) is 4.55. The van der Waals surface area contributed by atoms with Crippen LogP contribution in [-0.2, 0) is 5.75 Å². The Kier molecular flexibility index (Phi) is 3.13. The summed E-state index contributed by atoms with van der Waals surface area (Å²) in [6, 6.07) is 11.4. The number of hydrogen-bond donors (Lipinski definition) is 0. The van der Waals surface area contributed by atoms with E-state index in [0.717, 1.165) is 21.8 Å². The van der Waals surface area contributed by atoms with Crippen molar-refractivity contribution in [3.63, 3.8) is 0 Å². The van der Waals surface area contributed by atoms with E-state index in [4.69, 9.17) is 0 Å². The van der Waals surface area contributed by atoms with Crippen molar-refractivity contribution in [2.75, 3.05) is 0 Å². The topological polar surface area (TPSA) is 44.2 Å². The molecule has 0 bridgehead atoms. The fourth-order valence-electron chi connectivity index (χ4n) is 1.94. The lowest BCUT2D eigenvalue weighted by molar-refractivity contribution is -0.645. The van der Waals surface area contributed by atoms with Gasteiger partial charge in [-0.25, -0.2) is 4.98 Å². The number of pyridine rings is 2. The fraction of sp³-hybridized carbons (Fsp3) is 0.143.